The molecule has 0 aromatic heterocycles. The molecule has 12 heavy (non-hydrogen) atoms. The molecule has 1 rings (SSSR count). The van der Waals surface area contributed by atoms with Gasteiger partial charge in [0.1, 0.15) is 0 Å². The molecule has 1 heterocycles. The number of piperidine rings is 1. The third-order valence-electron chi connectivity index (χ3n) is 2.50. The molecular weight excluding hydrogens is 152 g/mol. The number of aliphatic hydroxyl groups is 1. The Morgan fingerprint density at radius 3 is 2.58 bits per heavy atom. The van der Waals surface area contributed by atoms with Crippen molar-refractivity contribution in [2.75, 3.05) is 26.2 Å². The van der Waals surface area contributed by atoms with Crippen LogP contribution >= 0.6 is 0 Å². The third-order valence-corrected chi connectivity index (χ3v) is 2.50. The van der Waals surface area contributed by atoms with Crippen LogP contribution in [0.5, 0.6) is 0 Å². The van der Waals surface area contributed by atoms with Crippen molar-refractivity contribution in [2.45, 2.75) is 19.3 Å². The van der Waals surface area contributed by atoms with Crippen LogP contribution < -0.4 is 0 Å². The molecule has 0 saturated carbocycles. The minimum atomic E-state index is 0.253. The van der Waals surface area contributed by atoms with E-state index in [0.717, 1.165) is 32.5 Å². The highest BCUT2D eigenvalue weighted by atomic mass is 16.3. The number of β-amino-alcohol motifs (C(OH)–C–C–N with tert-alkyl or cyclic N) is 1. The van der Waals surface area contributed by atoms with Crippen LogP contribution in [0.3, 0.4) is 0 Å². The summed E-state index contributed by atoms with van der Waals surface area (Å²) >= 11 is 0. The van der Waals surface area contributed by atoms with Crippen molar-refractivity contribution in [3.05, 3.63) is 0 Å². The van der Waals surface area contributed by atoms with Gasteiger partial charge >= 0.3 is 0 Å². The van der Waals surface area contributed by atoms with E-state index in [4.69, 9.17) is 10.4 Å². The van der Waals surface area contributed by atoms with Crippen LogP contribution in [0.25, 0.3) is 0 Å². The van der Waals surface area contributed by atoms with Crippen molar-refractivity contribution in [3.8, 4) is 6.07 Å². The Morgan fingerprint density at radius 1 is 1.42 bits per heavy atom. The van der Waals surface area contributed by atoms with Gasteiger partial charge in [-0.15, -0.1) is 0 Å². The quantitative estimate of drug-likeness (QED) is 0.671. The summed E-state index contributed by atoms with van der Waals surface area (Å²) in [4.78, 5) is 2.26. The number of nitriles is 1. The Balaban J connectivity index is 2.16. The number of likely N-dealkylation sites (tertiary alicyclic amines) is 1. The molecule has 3 nitrogen and oxygen atoms in total. The second-order valence-electron chi connectivity index (χ2n) is 3.37. The lowest BCUT2D eigenvalue weighted by Crippen LogP contribution is -2.35. The molecule has 0 unspecified atom stereocenters. The van der Waals surface area contributed by atoms with Crippen LogP contribution in [0.15, 0.2) is 0 Å². The SMILES string of the molecule is N#CCC1CCN(CCO)CC1. The van der Waals surface area contributed by atoms with Crippen LogP contribution in [-0.2, 0) is 0 Å². The van der Waals surface area contributed by atoms with Gasteiger partial charge in [0.25, 0.3) is 0 Å². The van der Waals surface area contributed by atoms with E-state index in [2.05, 4.69) is 11.0 Å². The van der Waals surface area contributed by atoms with Gasteiger partial charge in [0.05, 0.1) is 12.7 Å². The fourth-order valence-corrected chi connectivity index (χ4v) is 1.68. The van der Waals surface area contributed by atoms with Crippen molar-refractivity contribution in [2.24, 2.45) is 5.92 Å². The predicted octanol–water partition coefficient (Wildman–Crippen LogP) is 0.604. The zero-order valence-corrected chi connectivity index (χ0v) is 7.37. The highest BCUT2D eigenvalue weighted by Crippen LogP contribution is 2.19. The minimum Gasteiger partial charge on any atom is -0.395 e. The molecule has 0 atom stereocenters. The van der Waals surface area contributed by atoms with Crippen LogP contribution in [-0.4, -0.2) is 36.2 Å². The lowest BCUT2D eigenvalue weighted by atomic mass is 9.94. The average Bonchev–Trinajstić information content (AvgIpc) is 2.09. The fourth-order valence-electron chi connectivity index (χ4n) is 1.68. The maximum Gasteiger partial charge on any atom is 0.0624 e. The molecular formula is C9H16N2O. The molecule has 3 heteroatoms. The molecule has 0 amide bonds. The highest BCUT2D eigenvalue weighted by Gasteiger charge is 2.17. The smallest absolute Gasteiger partial charge is 0.0624 e. The zero-order chi connectivity index (χ0) is 8.81. The van der Waals surface area contributed by atoms with Crippen molar-refractivity contribution in [3.63, 3.8) is 0 Å². The summed E-state index contributed by atoms with van der Waals surface area (Å²) in [6.45, 7) is 3.14. The van der Waals surface area contributed by atoms with Crippen molar-refractivity contribution in [1.29, 1.82) is 5.26 Å². The molecule has 1 saturated heterocycles. The van der Waals surface area contributed by atoms with Gasteiger partial charge in [-0.3, -0.25) is 0 Å². The number of hydrogen-bond donors (Lipinski definition) is 1. The molecule has 0 aliphatic carbocycles. The first-order chi connectivity index (χ1) is 5.86. The monoisotopic (exact) mass is 168 g/mol. The Labute approximate surface area is 73.6 Å². The summed E-state index contributed by atoms with van der Waals surface area (Å²) in [5, 5.41) is 17.2. The van der Waals surface area contributed by atoms with Gasteiger partial charge in [-0.05, 0) is 31.8 Å². The molecule has 1 fully saturated rings. The predicted molar refractivity (Wildman–Crippen MR) is 46.5 cm³/mol. The first kappa shape index (κ1) is 9.50. The summed E-state index contributed by atoms with van der Waals surface area (Å²) < 4.78 is 0. The third kappa shape index (κ3) is 2.80. The van der Waals surface area contributed by atoms with Crippen LogP contribution in [0.1, 0.15) is 19.3 Å². The molecule has 0 radical (unpaired) electrons. The standard InChI is InChI=1S/C9H16N2O/c10-4-1-9-2-5-11(6-3-9)7-8-12/h9,12H,1-3,5-8H2. The topological polar surface area (TPSA) is 47.3 Å². The van der Waals surface area contributed by atoms with E-state index in [9.17, 15) is 0 Å². The molecule has 1 aliphatic heterocycles. The van der Waals surface area contributed by atoms with E-state index in [0.29, 0.717) is 12.3 Å². The first-order valence-electron chi connectivity index (χ1n) is 4.57. The minimum absolute atomic E-state index is 0.253. The van der Waals surface area contributed by atoms with E-state index in [1.807, 2.05) is 0 Å². The maximum absolute atomic E-state index is 8.69. The van der Waals surface area contributed by atoms with Gasteiger partial charge in [-0.2, -0.15) is 5.26 Å². The number of aliphatic hydroxyl groups excluding tert-OH is 1. The van der Waals surface area contributed by atoms with Gasteiger partial charge in [-0.1, -0.05) is 0 Å². The molecule has 0 bridgehead atoms. The van der Waals surface area contributed by atoms with E-state index in [1.54, 1.807) is 0 Å². The summed E-state index contributed by atoms with van der Waals surface area (Å²) in [6.07, 6.45) is 2.94. The zero-order valence-electron chi connectivity index (χ0n) is 7.37. The van der Waals surface area contributed by atoms with E-state index in [-0.39, 0.29) is 6.61 Å². The number of rotatable bonds is 3. The normalized spacial score (nSPS) is 20.7. The van der Waals surface area contributed by atoms with E-state index < -0.39 is 0 Å². The summed E-state index contributed by atoms with van der Waals surface area (Å²) in [5.41, 5.74) is 0. The molecule has 0 aromatic rings. The highest BCUT2D eigenvalue weighted by molar-refractivity contribution is 4.80. The molecule has 0 aromatic carbocycles. The van der Waals surface area contributed by atoms with E-state index >= 15 is 0 Å². The van der Waals surface area contributed by atoms with Crippen molar-refractivity contribution < 1.29 is 5.11 Å². The van der Waals surface area contributed by atoms with Crippen molar-refractivity contribution >= 4 is 0 Å². The molecule has 1 aliphatic rings. The van der Waals surface area contributed by atoms with E-state index in [1.165, 1.54) is 0 Å². The average molecular weight is 168 g/mol. The Bertz CT molecular complexity index is 156. The summed E-state index contributed by atoms with van der Waals surface area (Å²) in [7, 11) is 0. The second kappa shape index (κ2) is 5.13. The van der Waals surface area contributed by atoms with Gasteiger partial charge < -0.3 is 10.0 Å². The maximum atomic E-state index is 8.69. The number of hydrogen-bond acceptors (Lipinski definition) is 3. The summed E-state index contributed by atoms with van der Waals surface area (Å²) in [5.74, 6) is 0.602. The Morgan fingerprint density at radius 2 is 2.08 bits per heavy atom. The van der Waals surface area contributed by atoms with Gasteiger partial charge in [0, 0.05) is 13.0 Å². The summed E-state index contributed by atoms with van der Waals surface area (Å²) in [6, 6.07) is 2.22. The molecule has 68 valence electrons. The second-order valence-corrected chi connectivity index (χ2v) is 3.37. The largest absolute Gasteiger partial charge is 0.395 e. The van der Waals surface area contributed by atoms with Crippen LogP contribution in [0.4, 0.5) is 0 Å². The van der Waals surface area contributed by atoms with Crippen molar-refractivity contribution in [1.82, 2.24) is 4.90 Å². The van der Waals surface area contributed by atoms with Crippen LogP contribution in [0.2, 0.25) is 0 Å². The molecule has 1 N–H and O–H groups in total. The van der Waals surface area contributed by atoms with Gasteiger partial charge in [0.15, 0.2) is 0 Å². The first-order valence-corrected chi connectivity index (χ1v) is 4.57. The Kier molecular flexibility index (Phi) is 4.06. The Hall–Kier alpha value is -0.590. The van der Waals surface area contributed by atoms with Crippen LogP contribution in [0, 0.1) is 17.2 Å². The van der Waals surface area contributed by atoms with Gasteiger partial charge in [0.2, 0.25) is 0 Å². The fraction of sp³-hybridized carbons (Fsp3) is 0.889. The lowest BCUT2D eigenvalue weighted by molar-refractivity contribution is 0.149. The number of nitrogens with zero attached hydrogens (tertiary/aromatic N) is 2. The van der Waals surface area contributed by atoms with Gasteiger partial charge in [-0.25, -0.2) is 0 Å². The molecule has 0 spiro atoms. The lowest BCUT2D eigenvalue weighted by Gasteiger charge is -2.30.